The summed E-state index contributed by atoms with van der Waals surface area (Å²) in [5.74, 6) is 0. The lowest BCUT2D eigenvalue weighted by Crippen LogP contribution is -2.15. The van der Waals surface area contributed by atoms with Crippen LogP contribution in [-0.4, -0.2) is 0 Å². The summed E-state index contributed by atoms with van der Waals surface area (Å²) in [5, 5.41) is 16.8. The van der Waals surface area contributed by atoms with Crippen molar-refractivity contribution in [1.29, 1.82) is 0 Å². The van der Waals surface area contributed by atoms with Crippen molar-refractivity contribution >= 4 is 97.7 Å². The smallest absolute Gasteiger partial charge is 0.143 e. The SMILES string of the molecule is CC1(C)c2cc(-c3cc4ccccc4c4c3oc3cc5ccccc5cc34)ccc2-c2c1cc(-c1cc3ccccc3c3c1oc1cc4ccccc4cc13)c1ccccc21. The lowest BCUT2D eigenvalue weighted by molar-refractivity contribution is 0.660. The fourth-order valence-corrected chi connectivity index (χ4v) is 11.0. The third-order valence-corrected chi connectivity index (χ3v) is 13.9. The molecule has 0 saturated heterocycles. The topological polar surface area (TPSA) is 26.3 Å². The van der Waals surface area contributed by atoms with Gasteiger partial charge in [0.15, 0.2) is 0 Å². The zero-order valence-electron chi connectivity index (χ0n) is 33.6. The van der Waals surface area contributed by atoms with Crippen LogP contribution in [-0.2, 0) is 5.41 Å². The predicted molar refractivity (Wildman–Crippen MR) is 257 cm³/mol. The van der Waals surface area contributed by atoms with Gasteiger partial charge < -0.3 is 8.83 Å². The first-order chi connectivity index (χ1) is 30.0. The highest BCUT2D eigenvalue weighted by Crippen LogP contribution is 2.55. The van der Waals surface area contributed by atoms with Gasteiger partial charge in [-0.15, -0.1) is 0 Å². The molecule has 0 spiro atoms. The van der Waals surface area contributed by atoms with E-state index in [4.69, 9.17) is 8.83 Å². The molecule has 2 heteroatoms. The predicted octanol–water partition coefficient (Wildman–Crippen LogP) is 16.9. The van der Waals surface area contributed by atoms with Crippen LogP contribution in [0.4, 0.5) is 0 Å². The molecule has 13 aromatic rings. The molecular weight excluding hydrogens is 741 g/mol. The molecule has 0 saturated carbocycles. The van der Waals surface area contributed by atoms with E-state index in [0.717, 1.165) is 49.8 Å². The number of hydrogen-bond donors (Lipinski definition) is 0. The zero-order valence-corrected chi connectivity index (χ0v) is 33.6. The molecule has 14 rings (SSSR count). The molecule has 2 aromatic heterocycles. The fourth-order valence-electron chi connectivity index (χ4n) is 11.0. The van der Waals surface area contributed by atoms with Crippen LogP contribution in [0.3, 0.4) is 0 Å². The van der Waals surface area contributed by atoms with E-state index in [0.29, 0.717) is 0 Å². The molecule has 2 nitrogen and oxygen atoms in total. The van der Waals surface area contributed by atoms with Crippen LogP contribution >= 0.6 is 0 Å². The Bertz CT molecular complexity index is 4080. The van der Waals surface area contributed by atoms with Gasteiger partial charge in [-0.25, -0.2) is 0 Å². The van der Waals surface area contributed by atoms with Crippen LogP contribution in [0.5, 0.6) is 0 Å². The molecule has 0 bridgehead atoms. The summed E-state index contributed by atoms with van der Waals surface area (Å²) in [6.45, 7) is 4.79. The second-order valence-electron chi connectivity index (χ2n) is 17.6. The number of fused-ring (bicyclic) bond motifs is 17. The normalized spacial score (nSPS) is 13.5. The quantitative estimate of drug-likeness (QED) is 0.175. The van der Waals surface area contributed by atoms with Gasteiger partial charge in [0.25, 0.3) is 0 Å². The Balaban J connectivity index is 1.01. The maximum atomic E-state index is 7.00. The summed E-state index contributed by atoms with van der Waals surface area (Å²) in [5.41, 5.74) is 13.3. The summed E-state index contributed by atoms with van der Waals surface area (Å²) in [7, 11) is 0. The average Bonchev–Trinajstić information content (AvgIpc) is 3.94. The molecule has 0 fully saturated rings. The molecule has 0 amide bonds. The molecule has 1 aliphatic rings. The van der Waals surface area contributed by atoms with Crippen molar-refractivity contribution in [2.45, 2.75) is 19.3 Å². The van der Waals surface area contributed by atoms with Crippen molar-refractivity contribution in [2.24, 2.45) is 0 Å². The lowest BCUT2D eigenvalue weighted by Gasteiger charge is -2.23. The second kappa shape index (κ2) is 11.7. The molecule has 0 unspecified atom stereocenters. The standard InChI is InChI=1S/C59H36O2/c1-59(2)50-29-39(45-27-37-17-7-9-19-40(37)55-48-25-33-13-3-5-15-35(33)30-52(48)60-57(45)55)23-24-44(50)54-43-22-12-11-21-42(43)46(32-51(54)59)47-28-38-18-8-10-20-41(38)56-49-26-34-14-4-6-16-36(34)31-53(49)61-58(47)56/h3-32H,1-2H3. The monoisotopic (exact) mass is 776 g/mol. The zero-order chi connectivity index (χ0) is 40.1. The van der Waals surface area contributed by atoms with Gasteiger partial charge in [-0.3, -0.25) is 0 Å². The van der Waals surface area contributed by atoms with Gasteiger partial charge in [0.05, 0.1) is 0 Å². The summed E-state index contributed by atoms with van der Waals surface area (Å²) < 4.78 is 13.9. The van der Waals surface area contributed by atoms with Crippen LogP contribution in [0.2, 0.25) is 0 Å². The molecule has 0 atom stereocenters. The first-order valence-electron chi connectivity index (χ1n) is 21.2. The average molecular weight is 777 g/mol. The number of hydrogen-bond acceptors (Lipinski definition) is 2. The molecule has 0 aliphatic heterocycles. The Morgan fingerprint density at radius 1 is 0.328 bits per heavy atom. The molecule has 1 aliphatic carbocycles. The summed E-state index contributed by atoms with van der Waals surface area (Å²) >= 11 is 0. The lowest BCUT2D eigenvalue weighted by atomic mass is 9.79. The molecule has 2 heterocycles. The summed E-state index contributed by atoms with van der Waals surface area (Å²) in [6.07, 6.45) is 0. The minimum atomic E-state index is -0.289. The van der Waals surface area contributed by atoms with Crippen molar-refractivity contribution in [3.63, 3.8) is 0 Å². The molecule has 61 heavy (non-hydrogen) atoms. The second-order valence-corrected chi connectivity index (χ2v) is 17.6. The van der Waals surface area contributed by atoms with Gasteiger partial charge in [0.1, 0.15) is 22.3 Å². The van der Waals surface area contributed by atoms with Gasteiger partial charge in [0, 0.05) is 38.1 Å². The van der Waals surface area contributed by atoms with Gasteiger partial charge >= 0.3 is 0 Å². The number of furan rings is 2. The maximum Gasteiger partial charge on any atom is 0.143 e. The van der Waals surface area contributed by atoms with Crippen molar-refractivity contribution < 1.29 is 8.83 Å². The van der Waals surface area contributed by atoms with E-state index in [9.17, 15) is 0 Å². The number of benzene rings is 11. The summed E-state index contributed by atoms with van der Waals surface area (Å²) in [4.78, 5) is 0. The van der Waals surface area contributed by atoms with E-state index in [1.807, 2.05) is 0 Å². The maximum absolute atomic E-state index is 7.00. The highest BCUT2D eigenvalue weighted by atomic mass is 16.3. The van der Waals surface area contributed by atoms with E-state index in [1.54, 1.807) is 0 Å². The molecular formula is C59H36O2. The first kappa shape index (κ1) is 33.2. The highest BCUT2D eigenvalue weighted by molar-refractivity contribution is 6.26. The van der Waals surface area contributed by atoms with E-state index in [1.165, 1.54) is 92.5 Å². The Morgan fingerprint density at radius 2 is 0.803 bits per heavy atom. The molecule has 11 aromatic carbocycles. The molecule has 0 radical (unpaired) electrons. The van der Waals surface area contributed by atoms with Gasteiger partial charge in [-0.05, 0) is 136 Å². The highest BCUT2D eigenvalue weighted by Gasteiger charge is 2.38. The fraction of sp³-hybridized carbons (Fsp3) is 0.0508. The van der Waals surface area contributed by atoms with Crippen molar-refractivity contribution in [2.75, 3.05) is 0 Å². The van der Waals surface area contributed by atoms with Crippen molar-refractivity contribution in [1.82, 2.24) is 0 Å². The Hall–Kier alpha value is -7.68. The van der Waals surface area contributed by atoms with E-state index in [2.05, 4.69) is 196 Å². The first-order valence-corrected chi connectivity index (χ1v) is 21.2. The molecule has 284 valence electrons. The Labute approximate surface area is 350 Å². The van der Waals surface area contributed by atoms with Gasteiger partial charge in [-0.1, -0.05) is 147 Å². The Kier molecular flexibility index (Phi) is 6.39. The largest absolute Gasteiger partial charge is 0.455 e. The van der Waals surface area contributed by atoms with Crippen molar-refractivity contribution in [3.05, 3.63) is 193 Å². The van der Waals surface area contributed by atoms with E-state index in [-0.39, 0.29) is 5.41 Å². The Morgan fingerprint density at radius 3 is 1.39 bits per heavy atom. The van der Waals surface area contributed by atoms with Crippen molar-refractivity contribution in [3.8, 4) is 33.4 Å². The van der Waals surface area contributed by atoms with Crippen LogP contribution in [0.25, 0.3) is 131 Å². The van der Waals surface area contributed by atoms with Crippen LogP contribution in [0.1, 0.15) is 25.0 Å². The number of rotatable bonds is 2. The minimum absolute atomic E-state index is 0.289. The van der Waals surface area contributed by atoms with Gasteiger partial charge in [0.2, 0.25) is 0 Å². The molecule has 0 N–H and O–H groups in total. The summed E-state index contributed by atoms with van der Waals surface area (Å²) in [6, 6.07) is 66.9. The minimum Gasteiger partial charge on any atom is -0.455 e. The third kappa shape index (κ3) is 4.46. The third-order valence-electron chi connectivity index (χ3n) is 13.9. The van der Waals surface area contributed by atoms with Gasteiger partial charge in [-0.2, -0.15) is 0 Å². The van der Waals surface area contributed by atoms with Crippen LogP contribution in [0.15, 0.2) is 191 Å². The van der Waals surface area contributed by atoms with Crippen LogP contribution < -0.4 is 0 Å². The van der Waals surface area contributed by atoms with Crippen LogP contribution in [0, 0.1) is 0 Å². The van der Waals surface area contributed by atoms with E-state index >= 15 is 0 Å². The van der Waals surface area contributed by atoms with E-state index < -0.39 is 0 Å².